The molecule has 0 fully saturated rings. The maximum absolute atomic E-state index is 4.99. The minimum atomic E-state index is 0.481. The molecule has 17 heavy (non-hydrogen) atoms. The Bertz CT molecular complexity index is 306. The number of nitrogens with one attached hydrogen (secondary N) is 2. The van der Waals surface area contributed by atoms with Crippen molar-refractivity contribution in [2.24, 2.45) is 0 Å². The predicted octanol–water partition coefficient (Wildman–Crippen LogP) is 2.08. The molecule has 0 amide bonds. The Morgan fingerprint density at radius 1 is 1.41 bits per heavy atom. The molecule has 3 nitrogen and oxygen atoms in total. The average Bonchev–Trinajstić information content (AvgIpc) is 2.62. The number of hydrogen-bond acceptors (Lipinski definition) is 4. The third-order valence-electron chi connectivity index (χ3n) is 2.78. The van der Waals surface area contributed by atoms with Gasteiger partial charge in [-0.15, -0.1) is 11.3 Å². The minimum absolute atomic E-state index is 0.481. The molecule has 0 saturated carbocycles. The zero-order valence-corrected chi connectivity index (χ0v) is 12.1. The van der Waals surface area contributed by atoms with E-state index in [2.05, 4.69) is 37.5 Å². The number of methoxy groups -OCH3 is 1. The van der Waals surface area contributed by atoms with E-state index in [1.807, 2.05) is 11.3 Å². The van der Waals surface area contributed by atoms with Crippen LogP contribution in [0.25, 0.3) is 0 Å². The predicted molar refractivity (Wildman–Crippen MR) is 74.8 cm³/mol. The Morgan fingerprint density at radius 3 is 2.76 bits per heavy atom. The van der Waals surface area contributed by atoms with Gasteiger partial charge in [0.05, 0.1) is 6.61 Å². The fourth-order valence-corrected chi connectivity index (χ4v) is 2.58. The molecule has 0 spiro atoms. The zero-order chi connectivity index (χ0) is 12.7. The van der Waals surface area contributed by atoms with Crippen molar-refractivity contribution in [1.82, 2.24) is 10.6 Å². The Morgan fingerprint density at radius 2 is 2.18 bits per heavy atom. The molecule has 1 unspecified atom stereocenters. The van der Waals surface area contributed by atoms with Gasteiger partial charge in [0.25, 0.3) is 0 Å². The van der Waals surface area contributed by atoms with Crippen LogP contribution in [-0.4, -0.2) is 32.8 Å². The summed E-state index contributed by atoms with van der Waals surface area (Å²) >= 11 is 1.89. The van der Waals surface area contributed by atoms with Crippen LogP contribution in [0.3, 0.4) is 0 Å². The summed E-state index contributed by atoms with van der Waals surface area (Å²) in [6.45, 7) is 10.2. The summed E-state index contributed by atoms with van der Waals surface area (Å²) in [5.74, 6) is 0. The van der Waals surface area contributed by atoms with E-state index in [1.54, 1.807) is 7.11 Å². The van der Waals surface area contributed by atoms with Crippen molar-refractivity contribution >= 4 is 11.3 Å². The summed E-state index contributed by atoms with van der Waals surface area (Å²) in [4.78, 5) is 2.84. The average molecular weight is 256 g/mol. The molecule has 0 radical (unpaired) electrons. The van der Waals surface area contributed by atoms with Gasteiger partial charge in [0.1, 0.15) is 0 Å². The lowest BCUT2D eigenvalue weighted by Gasteiger charge is -2.13. The Hall–Kier alpha value is -0.420. The lowest BCUT2D eigenvalue weighted by Crippen LogP contribution is -2.36. The number of aryl methyl sites for hydroxylation is 2. The number of thiophene rings is 1. The van der Waals surface area contributed by atoms with Gasteiger partial charge in [-0.1, -0.05) is 0 Å². The quantitative estimate of drug-likeness (QED) is 0.699. The monoisotopic (exact) mass is 256 g/mol. The van der Waals surface area contributed by atoms with Crippen molar-refractivity contribution in [3.05, 3.63) is 21.4 Å². The van der Waals surface area contributed by atoms with E-state index in [9.17, 15) is 0 Å². The van der Waals surface area contributed by atoms with E-state index in [-0.39, 0.29) is 0 Å². The van der Waals surface area contributed by atoms with E-state index >= 15 is 0 Å². The second kappa shape index (κ2) is 7.82. The Labute approximate surface area is 109 Å². The molecular formula is C13H24N2OS. The second-order valence-electron chi connectivity index (χ2n) is 4.43. The Kier molecular flexibility index (Phi) is 6.73. The molecule has 1 heterocycles. The van der Waals surface area contributed by atoms with Gasteiger partial charge < -0.3 is 15.4 Å². The van der Waals surface area contributed by atoms with E-state index < -0.39 is 0 Å². The summed E-state index contributed by atoms with van der Waals surface area (Å²) in [6, 6.07) is 2.76. The SMILES string of the molecule is COCCNCC(C)NCc1cc(C)c(C)s1. The highest BCUT2D eigenvalue weighted by Crippen LogP contribution is 2.20. The lowest BCUT2D eigenvalue weighted by molar-refractivity contribution is 0.198. The summed E-state index contributed by atoms with van der Waals surface area (Å²) in [7, 11) is 1.73. The highest BCUT2D eigenvalue weighted by molar-refractivity contribution is 7.12. The topological polar surface area (TPSA) is 33.3 Å². The molecule has 0 aliphatic rings. The molecular weight excluding hydrogens is 232 g/mol. The van der Waals surface area contributed by atoms with Crippen LogP contribution in [0.2, 0.25) is 0 Å². The largest absolute Gasteiger partial charge is 0.383 e. The van der Waals surface area contributed by atoms with Crippen molar-refractivity contribution in [3.8, 4) is 0 Å². The van der Waals surface area contributed by atoms with Gasteiger partial charge in [0, 0.05) is 42.5 Å². The van der Waals surface area contributed by atoms with Gasteiger partial charge >= 0.3 is 0 Å². The first-order chi connectivity index (χ1) is 8.13. The second-order valence-corrected chi connectivity index (χ2v) is 5.77. The van der Waals surface area contributed by atoms with Gasteiger partial charge in [0.2, 0.25) is 0 Å². The highest BCUT2D eigenvalue weighted by atomic mass is 32.1. The Balaban J connectivity index is 2.17. The van der Waals surface area contributed by atoms with Crippen LogP contribution in [0.5, 0.6) is 0 Å². The van der Waals surface area contributed by atoms with Crippen molar-refractivity contribution in [2.75, 3.05) is 26.8 Å². The molecule has 0 saturated heterocycles. The first-order valence-electron chi connectivity index (χ1n) is 6.12. The van der Waals surface area contributed by atoms with Crippen LogP contribution in [-0.2, 0) is 11.3 Å². The summed E-state index contributed by atoms with van der Waals surface area (Å²) in [6.07, 6.45) is 0. The lowest BCUT2D eigenvalue weighted by atomic mass is 10.2. The van der Waals surface area contributed by atoms with Gasteiger partial charge in [-0.3, -0.25) is 0 Å². The highest BCUT2D eigenvalue weighted by Gasteiger charge is 2.04. The number of hydrogen-bond donors (Lipinski definition) is 2. The molecule has 1 aromatic rings. The molecule has 1 atom stereocenters. The first kappa shape index (κ1) is 14.6. The van der Waals surface area contributed by atoms with Crippen molar-refractivity contribution in [1.29, 1.82) is 0 Å². The van der Waals surface area contributed by atoms with Gasteiger partial charge in [-0.25, -0.2) is 0 Å². The molecule has 1 rings (SSSR count). The standard InChI is InChI=1S/C13H24N2OS/c1-10-7-13(17-12(10)3)9-15-11(2)8-14-5-6-16-4/h7,11,14-15H,5-6,8-9H2,1-4H3. The van der Waals surface area contributed by atoms with Gasteiger partial charge in [0.15, 0.2) is 0 Å². The van der Waals surface area contributed by atoms with Crippen LogP contribution in [0.4, 0.5) is 0 Å². The molecule has 0 aromatic carbocycles. The summed E-state index contributed by atoms with van der Waals surface area (Å²) in [5.41, 5.74) is 1.40. The van der Waals surface area contributed by atoms with Crippen molar-refractivity contribution < 1.29 is 4.74 Å². The fraction of sp³-hybridized carbons (Fsp3) is 0.692. The third-order valence-corrected chi connectivity index (χ3v) is 3.93. The van der Waals surface area contributed by atoms with Gasteiger partial charge in [-0.2, -0.15) is 0 Å². The fourth-order valence-electron chi connectivity index (χ4n) is 1.58. The summed E-state index contributed by atoms with van der Waals surface area (Å²) in [5, 5.41) is 6.88. The first-order valence-corrected chi connectivity index (χ1v) is 6.94. The van der Waals surface area contributed by atoms with E-state index in [0.717, 1.165) is 26.2 Å². The van der Waals surface area contributed by atoms with Crippen molar-refractivity contribution in [2.45, 2.75) is 33.4 Å². The smallest absolute Gasteiger partial charge is 0.0587 e. The number of ether oxygens (including phenoxy) is 1. The van der Waals surface area contributed by atoms with E-state index in [4.69, 9.17) is 4.74 Å². The molecule has 0 aliphatic carbocycles. The van der Waals surface area contributed by atoms with E-state index in [0.29, 0.717) is 6.04 Å². The van der Waals surface area contributed by atoms with Crippen molar-refractivity contribution in [3.63, 3.8) is 0 Å². The third kappa shape index (κ3) is 5.64. The normalized spacial score (nSPS) is 12.9. The van der Waals surface area contributed by atoms with Crippen LogP contribution < -0.4 is 10.6 Å². The molecule has 0 bridgehead atoms. The summed E-state index contributed by atoms with van der Waals surface area (Å²) < 4.78 is 4.99. The molecule has 2 N–H and O–H groups in total. The van der Waals surface area contributed by atoms with E-state index in [1.165, 1.54) is 15.3 Å². The number of rotatable bonds is 8. The van der Waals surface area contributed by atoms with Crippen LogP contribution in [0.1, 0.15) is 22.2 Å². The van der Waals surface area contributed by atoms with Crippen LogP contribution in [0.15, 0.2) is 6.07 Å². The molecule has 4 heteroatoms. The molecule has 0 aliphatic heterocycles. The van der Waals surface area contributed by atoms with Crippen LogP contribution >= 0.6 is 11.3 Å². The maximum Gasteiger partial charge on any atom is 0.0587 e. The molecule has 98 valence electrons. The molecule has 1 aromatic heterocycles. The minimum Gasteiger partial charge on any atom is -0.383 e. The van der Waals surface area contributed by atoms with Crippen LogP contribution in [0, 0.1) is 13.8 Å². The zero-order valence-electron chi connectivity index (χ0n) is 11.3. The van der Waals surface area contributed by atoms with Gasteiger partial charge in [-0.05, 0) is 32.4 Å². The maximum atomic E-state index is 4.99.